The maximum Gasteiger partial charge on any atom is 0.191 e. The Hall–Kier alpha value is -1.25. The summed E-state index contributed by atoms with van der Waals surface area (Å²) in [6.45, 7) is 4.60. The molecule has 26 heavy (non-hydrogen) atoms. The zero-order valence-electron chi connectivity index (χ0n) is 14.5. The topological polar surface area (TPSA) is 58.5 Å². The highest BCUT2D eigenvalue weighted by atomic mass is 127. The Balaban J connectivity index is 0.00000338. The molecule has 8 heteroatoms. The summed E-state index contributed by atoms with van der Waals surface area (Å²) in [5.41, 5.74) is 1.10. The van der Waals surface area contributed by atoms with Crippen LogP contribution in [0.15, 0.2) is 47.6 Å². The quantitative estimate of drug-likeness (QED) is 0.184. The van der Waals surface area contributed by atoms with Crippen LogP contribution in [0.2, 0.25) is 10.2 Å². The number of para-hydroxylation sites is 1. The second-order valence-corrected chi connectivity index (χ2v) is 6.00. The van der Waals surface area contributed by atoms with Crippen molar-refractivity contribution in [3.05, 3.63) is 58.3 Å². The van der Waals surface area contributed by atoms with Crippen LogP contribution in [0.4, 0.5) is 0 Å². The van der Waals surface area contributed by atoms with Crippen molar-refractivity contribution >= 4 is 53.1 Å². The van der Waals surface area contributed by atoms with E-state index in [1.54, 1.807) is 12.3 Å². The summed E-state index contributed by atoms with van der Waals surface area (Å²) in [5.74, 6) is 1.44. The first-order valence-corrected chi connectivity index (χ1v) is 8.94. The molecule has 2 N–H and O–H groups in total. The van der Waals surface area contributed by atoms with Crippen molar-refractivity contribution in [1.82, 2.24) is 15.6 Å². The molecule has 0 spiro atoms. The van der Waals surface area contributed by atoms with Crippen molar-refractivity contribution in [1.29, 1.82) is 0 Å². The molecule has 0 bridgehead atoms. The van der Waals surface area contributed by atoms with E-state index < -0.39 is 0 Å². The van der Waals surface area contributed by atoms with Gasteiger partial charge in [0.15, 0.2) is 5.96 Å². The van der Waals surface area contributed by atoms with Crippen LogP contribution in [0.5, 0.6) is 5.75 Å². The van der Waals surface area contributed by atoms with Crippen molar-refractivity contribution in [2.75, 3.05) is 26.2 Å². The third kappa shape index (κ3) is 8.42. The highest BCUT2D eigenvalue weighted by Gasteiger charge is 2.01. The van der Waals surface area contributed by atoms with Gasteiger partial charge < -0.3 is 15.4 Å². The summed E-state index contributed by atoms with van der Waals surface area (Å²) in [6, 6.07) is 11.2. The number of hydrogen-bond donors (Lipinski definition) is 2. The van der Waals surface area contributed by atoms with Gasteiger partial charge in [0.2, 0.25) is 0 Å². The van der Waals surface area contributed by atoms with E-state index in [1.165, 1.54) is 0 Å². The Kier molecular flexibility index (Phi) is 11.4. The third-order valence-corrected chi connectivity index (χ3v) is 3.83. The fourth-order valence-corrected chi connectivity index (χ4v) is 2.39. The van der Waals surface area contributed by atoms with Gasteiger partial charge in [-0.3, -0.25) is 4.99 Å². The SMILES string of the molecule is CCNC(=NCCc1ccc(Cl)nc1)NCCOc1ccccc1Cl.I. The van der Waals surface area contributed by atoms with Crippen LogP contribution in [0.3, 0.4) is 0 Å². The lowest BCUT2D eigenvalue weighted by Gasteiger charge is -2.12. The maximum absolute atomic E-state index is 6.06. The molecule has 0 aliphatic carbocycles. The zero-order valence-corrected chi connectivity index (χ0v) is 18.4. The highest BCUT2D eigenvalue weighted by Crippen LogP contribution is 2.22. The van der Waals surface area contributed by atoms with Crippen molar-refractivity contribution in [2.45, 2.75) is 13.3 Å². The van der Waals surface area contributed by atoms with Crippen molar-refractivity contribution < 1.29 is 4.74 Å². The van der Waals surface area contributed by atoms with E-state index in [-0.39, 0.29) is 24.0 Å². The summed E-state index contributed by atoms with van der Waals surface area (Å²) >= 11 is 11.8. The van der Waals surface area contributed by atoms with Crippen LogP contribution >= 0.6 is 47.2 Å². The van der Waals surface area contributed by atoms with Gasteiger partial charge in [-0.05, 0) is 37.1 Å². The van der Waals surface area contributed by atoms with Gasteiger partial charge in [0, 0.05) is 19.3 Å². The van der Waals surface area contributed by atoms with E-state index in [1.807, 2.05) is 37.3 Å². The monoisotopic (exact) mass is 508 g/mol. The Labute approximate surface area is 181 Å². The average Bonchev–Trinajstić information content (AvgIpc) is 2.61. The molecule has 0 aliphatic heterocycles. The van der Waals surface area contributed by atoms with E-state index in [9.17, 15) is 0 Å². The van der Waals surface area contributed by atoms with Crippen molar-refractivity contribution in [2.24, 2.45) is 4.99 Å². The number of halogens is 3. The van der Waals surface area contributed by atoms with Crippen molar-refractivity contribution in [3.8, 4) is 5.75 Å². The second-order valence-electron chi connectivity index (χ2n) is 5.21. The zero-order chi connectivity index (χ0) is 17.9. The minimum atomic E-state index is 0. The Morgan fingerprint density at radius 3 is 2.65 bits per heavy atom. The van der Waals surface area contributed by atoms with Crippen molar-refractivity contribution in [3.63, 3.8) is 0 Å². The normalized spacial score (nSPS) is 10.8. The first kappa shape index (κ1) is 22.8. The van der Waals surface area contributed by atoms with Gasteiger partial charge in [0.1, 0.15) is 17.5 Å². The number of nitrogens with one attached hydrogen (secondary N) is 2. The van der Waals surface area contributed by atoms with Gasteiger partial charge in [-0.15, -0.1) is 24.0 Å². The number of pyridine rings is 1. The molecule has 0 radical (unpaired) electrons. The molecule has 2 aromatic rings. The maximum atomic E-state index is 6.06. The molecule has 1 aromatic carbocycles. The van der Waals surface area contributed by atoms with E-state index >= 15 is 0 Å². The Morgan fingerprint density at radius 2 is 1.96 bits per heavy atom. The second kappa shape index (κ2) is 13.0. The van der Waals surface area contributed by atoms with Crippen LogP contribution in [0, 0.1) is 0 Å². The van der Waals surface area contributed by atoms with Crippen LogP contribution in [-0.2, 0) is 6.42 Å². The predicted octanol–water partition coefficient (Wildman–Crippen LogP) is 4.18. The summed E-state index contributed by atoms with van der Waals surface area (Å²) in [4.78, 5) is 8.61. The smallest absolute Gasteiger partial charge is 0.191 e. The number of rotatable bonds is 8. The number of benzene rings is 1. The van der Waals surface area contributed by atoms with Crippen LogP contribution < -0.4 is 15.4 Å². The molecular formula is C18H23Cl2IN4O. The molecule has 142 valence electrons. The highest BCUT2D eigenvalue weighted by molar-refractivity contribution is 14.0. The Bertz CT molecular complexity index is 683. The molecule has 0 saturated heterocycles. The molecule has 0 unspecified atom stereocenters. The average molecular weight is 509 g/mol. The van der Waals surface area contributed by atoms with E-state index in [0.717, 1.165) is 24.5 Å². The number of nitrogens with zero attached hydrogens (tertiary/aromatic N) is 2. The minimum Gasteiger partial charge on any atom is -0.490 e. The van der Waals surface area contributed by atoms with Crippen LogP contribution in [-0.4, -0.2) is 37.2 Å². The molecule has 5 nitrogen and oxygen atoms in total. The van der Waals surface area contributed by atoms with Gasteiger partial charge in [0.05, 0.1) is 11.6 Å². The largest absolute Gasteiger partial charge is 0.490 e. The fourth-order valence-electron chi connectivity index (χ4n) is 2.09. The van der Waals surface area contributed by atoms with E-state index in [0.29, 0.717) is 35.6 Å². The van der Waals surface area contributed by atoms with Gasteiger partial charge in [-0.1, -0.05) is 41.4 Å². The lowest BCUT2D eigenvalue weighted by molar-refractivity contribution is 0.322. The molecule has 0 fully saturated rings. The number of aromatic nitrogens is 1. The molecule has 0 saturated carbocycles. The standard InChI is InChI=1S/C18H22Cl2N4O.HI/c1-2-21-18(22-10-9-14-7-8-17(20)24-13-14)23-11-12-25-16-6-4-3-5-15(16)19;/h3-8,13H,2,9-12H2,1H3,(H2,21,22,23);1H. The molecule has 1 heterocycles. The first-order valence-electron chi connectivity index (χ1n) is 8.19. The third-order valence-electron chi connectivity index (χ3n) is 3.29. The Morgan fingerprint density at radius 1 is 1.15 bits per heavy atom. The molecule has 1 aromatic heterocycles. The first-order chi connectivity index (χ1) is 12.2. The molecular weight excluding hydrogens is 486 g/mol. The van der Waals surface area contributed by atoms with Gasteiger partial charge in [0.25, 0.3) is 0 Å². The number of hydrogen-bond acceptors (Lipinski definition) is 3. The van der Waals surface area contributed by atoms with Gasteiger partial charge in [-0.2, -0.15) is 0 Å². The molecule has 0 aliphatic rings. The van der Waals surface area contributed by atoms with E-state index in [4.69, 9.17) is 27.9 Å². The van der Waals surface area contributed by atoms with Crippen LogP contribution in [0.1, 0.15) is 12.5 Å². The number of ether oxygens (including phenoxy) is 1. The predicted molar refractivity (Wildman–Crippen MR) is 119 cm³/mol. The molecule has 0 atom stereocenters. The summed E-state index contributed by atoms with van der Waals surface area (Å²) in [7, 11) is 0. The number of guanidine groups is 1. The summed E-state index contributed by atoms with van der Waals surface area (Å²) < 4.78 is 5.65. The van der Waals surface area contributed by atoms with Gasteiger partial charge >= 0.3 is 0 Å². The minimum absolute atomic E-state index is 0. The fraction of sp³-hybridized carbons (Fsp3) is 0.333. The van der Waals surface area contributed by atoms with Crippen LogP contribution in [0.25, 0.3) is 0 Å². The summed E-state index contributed by atoms with van der Waals surface area (Å²) in [6.07, 6.45) is 2.58. The molecule has 0 amide bonds. The lowest BCUT2D eigenvalue weighted by Crippen LogP contribution is -2.39. The number of aliphatic imine (C=N–C) groups is 1. The van der Waals surface area contributed by atoms with E-state index in [2.05, 4.69) is 20.6 Å². The van der Waals surface area contributed by atoms with Gasteiger partial charge in [-0.25, -0.2) is 4.98 Å². The summed E-state index contributed by atoms with van der Waals surface area (Å²) in [5, 5.41) is 7.56. The lowest BCUT2D eigenvalue weighted by atomic mass is 10.2. The molecule has 2 rings (SSSR count).